The Morgan fingerprint density at radius 3 is 1.75 bits per heavy atom. The van der Waals surface area contributed by atoms with Crippen molar-refractivity contribution in [2.45, 2.75) is 82.7 Å². The Kier molecular flexibility index (Phi) is 21.5. The molecule has 0 radical (unpaired) electrons. The molecule has 0 fully saturated rings. The van der Waals surface area contributed by atoms with Gasteiger partial charge in [0.25, 0.3) is 5.91 Å². The van der Waals surface area contributed by atoms with E-state index < -0.39 is 29.8 Å². The maximum absolute atomic E-state index is 12.9. The Balaban J connectivity index is 1.54. The number of hydrogen-bond donors (Lipinski definition) is 8. The zero-order chi connectivity index (χ0) is 38.8. The second-order valence-electron chi connectivity index (χ2n) is 13.1. The molecule has 0 saturated carbocycles. The van der Waals surface area contributed by atoms with E-state index in [-0.39, 0.29) is 18.3 Å². The standard InChI is InChI=1S/C37H60N12O4/c1-49(2)30-19-17-29(18-20-30)48-47-28-15-13-27(14-16-28)34(51)46-32(26-33(39)50)36(53)44-23-8-6-4-3-5-7-21-42-22-9-10-24-43-35(52)31(38)12-11-25-45-37(40)41/h13-20,31-32,42H,3-12,21-26,38H2,1-2H3,(H2,39,50)(H,43,52)(H,44,53)(H,46,51)(H4,40,41,45)/t31-,32-/m0/s1. The molecule has 0 aliphatic carbocycles. The third-order valence-corrected chi connectivity index (χ3v) is 8.27. The topological polar surface area (TPSA) is 261 Å². The molecule has 2 atom stereocenters. The number of anilines is 1. The first-order valence-electron chi connectivity index (χ1n) is 18.4. The number of rotatable bonds is 27. The number of nitrogens with two attached hydrogens (primary N) is 4. The van der Waals surface area contributed by atoms with Crippen molar-refractivity contribution in [1.29, 1.82) is 0 Å². The van der Waals surface area contributed by atoms with Crippen LogP contribution in [0.15, 0.2) is 63.8 Å². The number of nitrogens with zero attached hydrogens (tertiary/aromatic N) is 4. The summed E-state index contributed by atoms with van der Waals surface area (Å²) in [6.07, 6.45) is 8.79. The Hall–Kier alpha value is -5.09. The molecule has 2 aromatic rings. The smallest absolute Gasteiger partial charge is 0.251 e. The molecule has 4 amide bonds. The number of carbonyl (C=O) groups is 4. The highest BCUT2D eigenvalue weighted by Gasteiger charge is 2.23. The van der Waals surface area contributed by atoms with Crippen molar-refractivity contribution in [3.63, 3.8) is 0 Å². The van der Waals surface area contributed by atoms with Crippen LogP contribution in [0.4, 0.5) is 17.1 Å². The summed E-state index contributed by atoms with van der Waals surface area (Å²) >= 11 is 0. The van der Waals surface area contributed by atoms with E-state index >= 15 is 0 Å². The van der Waals surface area contributed by atoms with Crippen molar-refractivity contribution >= 4 is 46.7 Å². The van der Waals surface area contributed by atoms with Gasteiger partial charge in [0.15, 0.2) is 5.96 Å². The minimum atomic E-state index is -1.08. The molecular weight excluding hydrogens is 676 g/mol. The quantitative estimate of drug-likeness (QED) is 0.0290. The Labute approximate surface area is 313 Å². The van der Waals surface area contributed by atoms with E-state index in [1.165, 1.54) is 0 Å². The maximum Gasteiger partial charge on any atom is 0.251 e. The predicted molar refractivity (Wildman–Crippen MR) is 210 cm³/mol. The van der Waals surface area contributed by atoms with Gasteiger partial charge in [-0.1, -0.05) is 25.7 Å². The van der Waals surface area contributed by atoms with Gasteiger partial charge in [-0.2, -0.15) is 10.2 Å². The predicted octanol–water partition coefficient (Wildman–Crippen LogP) is 2.47. The summed E-state index contributed by atoms with van der Waals surface area (Å²) < 4.78 is 0. The third-order valence-electron chi connectivity index (χ3n) is 8.27. The summed E-state index contributed by atoms with van der Waals surface area (Å²) in [5.74, 6) is -1.75. The monoisotopic (exact) mass is 736 g/mol. The van der Waals surface area contributed by atoms with Crippen LogP contribution in [-0.2, 0) is 14.4 Å². The molecule has 0 heterocycles. The van der Waals surface area contributed by atoms with Gasteiger partial charge in [-0.15, -0.1) is 0 Å². The summed E-state index contributed by atoms with van der Waals surface area (Å²) in [6, 6.07) is 12.5. The van der Waals surface area contributed by atoms with E-state index in [2.05, 4.69) is 36.5 Å². The lowest BCUT2D eigenvalue weighted by molar-refractivity contribution is -0.126. The third kappa shape index (κ3) is 19.9. The highest BCUT2D eigenvalue weighted by Crippen LogP contribution is 2.21. The molecular formula is C37H60N12O4. The van der Waals surface area contributed by atoms with E-state index in [1.54, 1.807) is 24.3 Å². The molecule has 0 aromatic heterocycles. The minimum Gasteiger partial charge on any atom is -0.378 e. The number of aliphatic imine (C=N–C) groups is 1. The van der Waals surface area contributed by atoms with Crippen LogP contribution in [0.25, 0.3) is 0 Å². The number of amides is 4. The van der Waals surface area contributed by atoms with Gasteiger partial charge in [0.05, 0.1) is 23.8 Å². The molecule has 0 spiro atoms. The number of nitrogens with one attached hydrogen (secondary N) is 4. The summed E-state index contributed by atoms with van der Waals surface area (Å²) in [4.78, 5) is 55.2. The summed E-state index contributed by atoms with van der Waals surface area (Å²) in [6.45, 7) is 3.33. The lowest BCUT2D eigenvalue weighted by atomic mass is 10.1. The van der Waals surface area contributed by atoms with Gasteiger partial charge in [0.2, 0.25) is 17.7 Å². The molecule has 53 heavy (non-hydrogen) atoms. The fourth-order valence-corrected chi connectivity index (χ4v) is 5.17. The highest BCUT2D eigenvalue weighted by atomic mass is 16.2. The average Bonchev–Trinajstić information content (AvgIpc) is 3.13. The summed E-state index contributed by atoms with van der Waals surface area (Å²) in [5.41, 5.74) is 24.4. The molecule has 0 aliphatic heterocycles. The van der Waals surface area contributed by atoms with Crippen LogP contribution >= 0.6 is 0 Å². The number of hydrogen-bond acceptors (Lipinski definition) is 10. The van der Waals surface area contributed by atoms with Crippen LogP contribution in [-0.4, -0.2) is 88.5 Å². The number of unbranched alkanes of at least 4 members (excludes halogenated alkanes) is 6. The first-order valence-corrected chi connectivity index (χ1v) is 18.4. The number of benzene rings is 2. The van der Waals surface area contributed by atoms with Crippen molar-refractivity contribution in [2.75, 3.05) is 51.7 Å². The lowest BCUT2D eigenvalue weighted by Gasteiger charge is -2.17. The molecule has 0 aliphatic rings. The fraction of sp³-hybridized carbons (Fsp3) is 0.541. The molecule has 2 aromatic carbocycles. The van der Waals surface area contributed by atoms with Crippen LogP contribution in [0.1, 0.15) is 81.0 Å². The lowest BCUT2D eigenvalue weighted by Crippen LogP contribution is -2.48. The Morgan fingerprint density at radius 1 is 0.679 bits per heavy atom. The first-order chi connectivity index (χ1) is 25.5. The van der Waals surface area contributed by atoms with Gasteiger partial charge in [-0.05, 0) is 100 Å². The second kappa shape index (κ2) is 25.8. The van der Waals surface area contributed by atoms with Gasteiger partial charge in [-0.3, -0.25) is 24.2 Å². The first kappa shape index (κ1) is 44.1. The molecule has 16 heteroatoms. The van der Waals surface area contributed by atoms with E-state index in [9.17, 15) is 19.2 Å². The van der Waals surface area contributed by atoms with Gasteiger partial charge >= 0.3 is 0 Å². The van der Waals surface area contributed by atoms with Crippen molar-refractivity contribution in [2.24, 2.45) is 38.2 Å². The Bertz CT molecular complexity index is 1440. The van der Waals surface area contributed by atoms with E-state index in [1.807, 2.05) is 43.3 Å². The van der Waals surface area contributed by atoms with E-state index in [4.69, 9.17) is 22.9 Å². The molecule has 0 saturated heterocycles. The fourth-order valence-electron chi connectivity index (χ4n) is 5.17. The zero-order valence-electron chi connectivity index (χ0n) is 31.3. The summed E-state index contributed by atoms with van der Waals surface area (Å²) in [7, 11) is 3.92. The number of guanidine groups is 1. The SMILES string of the molecule is CN(C)c1ccc(N=Nc2ccc(C(=O)N[C@@H](CC(N)=O)C(=O)NCCCCCCCCNCCCCNC(=O)[C@@H](N)CCCN=C(N)N)cc2)cc1. The average molecular weight is 737 g/mol. The van der Waals surface area contributed by atoms with Crippen molar-refractivity contribution in [3.05, 3.63) is 54.1 Å². The van der Waals surface area contributed by atoms with Gasteiger partial charge in [0.1, 0.15) is 6.04 Å². The number of primary amides is 1. The van der Waals surface area contributed by atoms with E-state index in [0.29, 0.717) is 49.4 Å². The molecule has 16 nitrogen and oxygen atoms in total. The summed E-state index contributed by atoms with van der Waals surface area (Å²) in [5, 5.41) is 20.2. The van der Waals surface area contributed by atoms with E-state index in [0.717, 1.165) is 70.1 Å². The van der Waals surface area contributed by atoms with Crippen molar-refractivity contribution < 1.29 is 19.2 Å². The van der Waals surface area contributed by atoms with Crippen LogP contribution in [0, 0.1) is 0 Å². The molecule has 0 unspecified atom stereocenters. The molecule has 12 N–H and O–H groups in total. The number of carbonyl (C=O) groups excluding carboxylic acids is 4. The normalized spacial score (nSPS) is 12.1. The van der Waals surface area contributed by atoms with Gasteiger partial charge in [0, 0.05) is 45.0 Å². The van der Waals surface area contributed by atoms with Crippen LogP contribution in [0.3, 0.4) is 0 Å². The van der Waals surface area contributed by atoms with Crippen LogP contribution < -0.4 is 49.1 Å². The molecule has 2 rings (SSSR count). The zero-order valence-corrected chi connectivity index (χ0v) is 31.3. The highest BCUT2D eigenvalue weighted by molar-refractivity contribution is 5.99. The Morgan fingerprint density at radius 2 is 1.19 bits per heavy atom. The van der Waals surface area contributed by atoms with Crippen LogP contribution in [0.5, 0.6) is 0 Å². The minimum absolute atomic E-state index is 0.0380. The van der Waals surface area contributed by atoms with Crippen LogP contribution in [0.2, 0.25) is 0 Å². The second-order valence-corrected chi connectivity index (χ2v) is 13.1. The number of azo groups is 1. The largest absolute Gasteiger partial charge is 0.378 e. The maximum atomic E-state index is 12.9. The molecule has 292 valence electrons. The molecule has 0 bridgehead atoms. The van der Waals surface area contributed by atoms with Crippen molar-refractivity contribution in [3.8, 4) is 0 Å². The van der Waals surface area contributed by atoms with Gasteiger partial charge < -0.3 is 49.1 Å². The van der Waals surface area contributed by atoms with Crippen molar-refractivity contribution in [1.82, 2.24) is 21.3 Å². The van der Waals surface area contributed by atoms with Gasteiger partial charge in [-0.25, -0.2) is 0 Å².